The molecule has 3 heteroatoms. The van der Waals surface area contributed by atoms with E-state index in [1.807, 2.05) is 68.4 Å². The Bertz CT molecular complexity index is 610. The van der Waals surface area contributed by atoms with Crippen LogP contribution in [0.25, 0.3) is 0 Å². The van der Waals surface area contributed by atoms with Crippen LogP contribution in [-0.2, 0) is 22.7 Å². The lowest BCUT2D eigenvalue weighted by Gasteiger charge is -2.16. The molecule has 0 radical (unpaired) electrons. The van der Waals surface area contributed by atoms with Gasteiger partial charge in [0.25, 0.3) is 0 Å². The first-order chi connectivity index (χ1) is 11.3. The summed E-state index contributed by atoms with van der Waals surface area (Å²) in [4.78, 5) is 12.5. The molecule has 0 bridgehead atoms. The maximum absolute atomic E-state index is 12.5. The Hall–Kier alpha value is -2.13. The Morgan fingerprint density at radius 2 is 1.65 bits per heavy atom. The Morgan fingerprint density at radius 3 is 2.30 bits per heavy atom. The van der Waals surface area contributed by atoms with Crippen LogP contribution in [0.2, 0.25) is 0 Å². The highest BCUT2D eigenvalue weighted by molar-refractivity contribution is 5.83. The van der Waals surface area contributed by atoms with E-state index in [0.29, 0.717) is 19.8 Å². The fourth-order valence-corrected chi connectivity index (χ4v) is 2.65. The van der Waals surface area contributed by atoms with Gasteiger partial charge in [-0.15, -0.1) is 0 Å². The number of amides is 1. The van der Waals surface area contributed by atoms with E-state index >= 15 is 0 Å². The van der Waals surface area contributed by atoms with Crippen LogP contribution < -0.4 is 5.32 Å². The number of benzene rings is 2. The zero-order valence-electron chi connectivity index (χ0n) is 13.9. The lowest BCUT2D eigenvalue weighted by atomic mass is 9.95. The molecule has 0 saturated heterocycles. The summed E-state index contributed by atoms with van der Waals surface area (Å²) in [5.41, 5.74) is 3.30. The molecule has 0 fully saturated rings. The van der Waals surface area contributed by atoms with Gasteiger partial charge < -0.3 is 10.1 Å². The predicted octanol–water partition coefficient (Wildman–Crippen LogP) is 4.03. The van der Waals surface area contributed by atoms with E-state index in [4.69, 9.17) is 4.74 Å². The van der Waals surface area contributed by atoms with Gasteiger partial charge in [0.05, 0.1) is 12.5 Å². The second-order valence-corrected chi connectivity index (χ2v) is 5.50. The maximum Gasteiger partial charge on any atom is 0.227 e. The third-order valence-electron chi connectivity index (χ3n) is 3.96. The standard InChI is InChI=1S/C20H25NO2/c1-3-19(16-10-6-5-7-11-16)20(22)21-14-17-12-8-9-13-18(17)15-23-4-2/h5-13,19H,3-4,14-15H2,1-2H3,(H,21,22). The third-order valence-corrected chi connectivity index (χ3v) is 3.96. The van der Waals surface area contributed by atoms with Crippen molar-refractivity contribution in [3.63, 3.8) is 0 Å². The number of ether oxygens (including phenoxy) is 1. The quantitative estimate of drug-likeness (QED) is 0.799. The Balaban J connectivity index is 2.01. The zero-order chi connectivity index (χ0) is 16.5. The van der Waals surface area contributed by atoms with Gasteiger partial charge in [-0.1, -0.05) is 61.5 Å². The fourth-order valence-electron chi connectivity index (χ4n) is 2.65. The van der Waals surface area contributed by atoms with Crippen LogP contribution in [0.5, 0.6) is 0 Å². The van der Waals surface area contributed by atoms with Crippen molar-refractivity contribution >= 4 is 5.91 Å². The summed E-state index contributed by atoms with van der Waals surface area (Å²) < 4.78 is 5.49. The summed E-state index contributed by atoms with van der Waals surface area (Å²) >= 11 is 0. The minimum atomic E-state index is -0.102. The van der Waals surface area contributed by atoms with E-state index < -0.39 is 0 Å². The molecule has 0 heterocycles. The summed E-state index contributed by atoms with van der Waals surface area (Å²) in [6.07, 6.45) is 0.788. The molecule has 0 aliphatic rings. The minimum absolute atomic E-state index is 0.0740. The smallest absolute Gasteiger partial charge is 0.227 e. The first-order valence-electron chi connectivity index (χ1n) is 8.23. The third kappa shape index (κ3) is 4.93. The summed E-state index contributed by atoms with van der Waals surface area (Å²) in [5, 5.41) is 3.07. The Kier molecular flexibility index (Phi) is 6.82. The first-order valence-corrected chi connectivity index (χ1v) is 8.23. The normalized spacial score (nSPS) is 11.9. The minimum Gasteiger partial charge on any atom is -0.377 e. The molecule has 2 aromatic rings. The van der Waals surface area contributed by atoms with E-state index in [9.17, 15) is 4.79 Å². The van der Waals surface area contributed by atoms with E-state index in [1.165, 1.54) is 0 Å². The maximum atomic E-state index is 12.5. The molecule has 1 amide bonds. The molecule has 0 aliphatic carbocycles. The fraction of sp³-hybridized carbons (Fsp3) is 0.350. The molecule has 0 spiro atoms. The number of nitrogens with one attached hydrogen (secondary N) is 1. The number of hydrogen-bond donors (Lipinski definition) is 1. The molecule has 1 N–H and O–H groups in total. The van der Waals surface area contributed by atoms with E-state index in [-0.39, 0.29) is 11.8 Å². The van der Waals surface area contributed by atoms with Crippen LogP contribution in [0.3, 0.4) is 0 Å². The molecule has 23 heavy (non-hydrogen) atoms. The molecule has 122 valence electrons. The second kappa shape index (κ2) is 9.11. The lowest BCUT2D eigenvalue weighted by Crippen LogP contribution is -2.29. The van der Waals surface area contributed by atoms with Gasteiger partial charge in [0.1, 0.15) is 0 Å². The van der Waals surface area contributed by atoms with Crippen molar-refractivity contribution in [2.45, 2.75) is 39.3 Å². The number of carbonyl (C=O) groups excluding carboxylic acids is 1. The van der Waals surface area contributed by atoms with Crippen molar-refractivity contribution < 1.29 is 9.53 Å². The Morgan fingerprint density at radius 1 is 1.00 bits per heavy atom. The van der Waals surface area contributed by atoms with E-state index in [2.05, 4.69) is 5.32 Å². The van der Waals surface area contributed by atoms with Gasteiger partial charge in [-0.05, 0) is 30.0 Å². The molecule has 2 rings (SSSR count). The molecular formula is C20H25NO2. The van der Waals surface area contributed by atoms with Crippen molar-refractivity contribution in [3.8, 4) is 0 Å². The van der Waals surface area contributed by atoms with Gasteiger partial charge in [-0.2, -0.15) is 0 Å². The second-order valence-electron chi connectivity index (χ2n) is 5.50. The predicted molar refractivity (Wildman–Crippen MR) is 93.1 cm³/mol. The van der Waals surface area contributed by atoms with E-state index in [0.717, 1.165) is 23.1 Å². The molecule has 1 atom stereocenters. The van der Waals surface area contributed by atoms with Crippen molar-refractivity contribution in [2.75, 3.05) is 6.61 Å². The SMILES string of the molecule is CCOCc1ccccc1CNC(=O)C(CC)c1ccccc1. The number of hydrogen-bond acceptors (Lipinski definition) is 2. The highest BCUT2D eigenvalue weighted by Gasteiger charge is 2.18. The van der Waals surface area contributed by atoms with Crippen LogP contribution >= 0.6 is 0 Å². The van der Waals surface area contributed by atoms with Gasteiger partial charge in [0.15, 0.2) is 0 Å². The molecule has 1 unspecified atom stereocenters. The van der Waals surface area contributed by atoms with Crippen LogP contribution in [0.1, 0.15) is 42.9 Å². The van der Waals surface area contributed by atoms with Gasteiger partial charge in [0.2, 0.25) is 5.91 Å². The molecule has 0 saturated carbocycles. The Labute approximate surface area is 138 Å². The van der Waals surface area contributed by atoms with Gasteiger partial charge in [-0.25, -0.2) is 0 Å². The summed E-state index contributed by atoms with van der Waals surface area (Å²) in [7, 11) is 0. The topological polar surface area (TPSA) is 38.3 Å². The van der Waals surface area contributed by atoms with Crippen LogP contribution in [0, 0.1) is 0 Å². The van der Waals surface area contributed by atoms with Crippen LogP contribution in [-0.4, -0.2) is 12.5 Å². The van der Waals surface area contributed by atoms with Gasteiger partial charge in [0, 0.05) is 13.2 Å². The largest absolute Gasteiger partial charge is 0.377 e. The first kappa shape index (κ1) is 17.2. The lowest BCUT2D eigenvalue weighted by molar-refractivity contribution is -0.122. The highest BCUT2D eigenvalue weighted by atomic mass is 16.5. The van der Waals surface area contributed by atoms with Crippen molar-refractivity contribution in [1.82, 2.24) is 5.32 Å². The monoisotopic (exact) mass is 311 g/mol. The molecule has 3 nitrogen and oxygen atoms in total. The van der Waals surface area contributed by atoms with Crippen LogP contribution in [0.4, 0.5) is 0 Å². The molecular weight excluding hydrogens is 286 g/mol. The van der Waals surface area contributed by atoms with Gasteiger partial charge >= 0.3 is 0 Å². The molecule has 0 aromatic heterocycles. The summed E-state index contributed by atoms with van der Waals surface area (Å²) in [6, 6.07) is 18.0. The molecule has 2 aromatic carbocycles. The average Bonchev–Trinajstić information content (AvgIpc) is 2.60. The zero-order valence-corrected chi connectivity index (χ0v) is 13.9. The van der Waals surface area contributed by atoms with Crippen molar-refractivity contribution in [1.29, 1.82) is 0 Å². The average molecular weight is 311 g/mol. The van der Waals surface area contributed by atoms with Crippen molar-refractivity contribution in [2.24, 2.45) is 0 Å². The van der Waals surface area contributed by atoms with E-state index in [1.54, 1.807) is 0 Å². The van der Waals surface area contributed by atoms with Crippen molar-refractivity contribution in [3.05, 3.63) is 71.3 Å². The van der Waals surface area contributed by atoms with Crippen LogP contribution in [0.15, 0.2) is 54.6 Å². The number of carbonyl (C=O) groups is 1. The summed E-state index contributed by atoms with van der Waals surface area (Å²) in [6.45, 7) is 5.83. The number of rotatable bonds is 8. The molecule has 0 aliphatic heterocycles. The van der Waals surface area contributed by atoms with Gasteiger partial charge in [-0.3, -0.25) is 4.79 Å². The highest BCUT2D eigenvalue weighted by Crippen LogP contribution is 2.19. The summed E-state index contributed by atoms with van der Waals surface area (Å²) in [5.74, 6) is -0.0276.